The van der Waals surface area contributed by atoms with Crippen molar-refractivity contribution in [2.24, 2.45) is 0 Å². The Labute approximate surface area is 171 Å². The molecule has 0 aliphatic carbocycles. The van der Waals surface area contributed by atoms with E-state index in [-0.39, 0.29) is 21.6 Å². The Morgan fingerprint density at radius 1 is 1.18 bits per heavy atom. The van der Waals surface area contributed by atoms with Crippen molar-refractivity contribution in [2.45, 2.75) is 11.4 Å². The molecule has 3 aromatic rings. The van der Waals surface area contributed by atoms with Crippen LogP contribution in [0.25, 0.3) is 0 Å². The van der Waals surface area contributed by atoms with Crippen molar-refractivity contribution in [3.8, 4) is 11.5 Å². The van der Waals surface area contributed by atoms with Gasteiger partial charge in [0, 0.05) is 23.2 Å². The van der Waals surface area contributed by atoms with E-state index >= 15 is 0 Å². The number of aromatic nitrogens is 1. The second-order valence-corrected chi connectivity index (χ2v) is 8.72. The molecule has 2 aromatic carbocycles. The monoisotopic (exact) mass is 442 g/mol. The zero-order valence-corrected chi connectivity index (χ0v) is 17.3. The summed E-state index contributed by atoms with van der Waals surface area (Å²) >= 11 is 6.95. The Kier molecular flexibility index (Phi) is 6.07. The van der Waals surface area contributed by atoms with Gasteiger partial charge in [-0.25, -0.2) is 22.1 Å². The molecule has 148 valence electrons. The van der Waals surface area contributed by atoms with Crippen LogP contribution in [-0.2, 0) is 16.6 Å². The molecule has 1 heterocycles. The van der Waals surface area contributed by atoms with Crippen LogP contribution in [0.5, 0.6) is 11.5 Å². The van der Waals surface area contributed by atoms with Crippen LogP contribution in [-0.4, -0.2) is 27.6 Å². The Morgan fingerprint density at radius 3 is 2.57 bits per heavy atom. The summed E-state index contributed by atoms with van der Waals surface area (Å²) < 4.78 is 51.7. The van der Waals surface area contributed by atoms with E-state index < -0.39 is 15.8 Å². The number of hydrogen-bond acceptors (Lipinski definition) is 6. The van der Waals surface area contributed by atoms with E-state index in [4.69, 9.17) is 21.1 Å². The number of nitrogens with zero attached hydrogens (tertiary/aromatic N) is 2. The maximum absolute atomic E-state index is 13.5. The van der Waals surface area contributed by atoms with Crippen LogP contribution in [0, 0.1) is 5.82 Å². The van der Waals surface area contributed by atoms with Crippen LogP contribution < -0.4 is 13.8 Å². The number of methoxy groups -OCH3 is 2. The number of ether oxygens (including phenoxy) is 2. The minimum atomic E-state index is -4.06. The molecule has 0 N–H and O–H groups in total. The lowest BCUT2D eigenvalue weighted by molar-refractivity contribution is 0.391. The molecule has 28 heavy (non-hydrogen) atoms. The average molecular weight is 443 g/mol. The van der Waals surface area contributed by atoms with Gasteiger partial charge in [-0.1, -0.05) is 11.6 Å². The molecule has 0 fully saturated rings. The smallest absolute Gasteiger partial charge is 0.266 e. The van der Waals surface area contributed by atoms with Crippen molar-refractivity contribution in [3.05, 3.63) is 64.4 Å². The van der Waals surface area contributed by atoms with Gasteiger partial charge in [-0.15, -0.1) is 11.3 Å². The van der Waals surface area contributed by atoms with E-state index in [0.29, 0.717) is 17.1 Å². The molecule has 0 amide bonds. The molecule has 3 rings (SSSR count). The molecule has 0 spiro atoms. The first-order chi connectivity index (χ1) is 13.4. The van der Waals surface area contributed by atoms with Crippen LogP contribution in [0.2, 0.25) is 5.02 Å². The third kappa shape index (κ3) is 4.06. The molecule has 1 aromatic heterocycles. The van der Waals surface area contributed by atoms with Gasteiger partial charge < -0.3 is 9.47 Å². The zero-order chi connectivity index (χ0) is 20.3. The van der Waals surface area contributed by atoms with Crippen molar-refractivity contribution < 1.29 is 22.3 Å². The molecule has 6 nitrogen and oxygen atoms in total. The Balaban J connectivity index is 2.07. The van der Waals surface area contributed by atoms with Gasteiger partial charge in [0.25, 0.3) is 10.0 Å². The standard InChI is InChI=1S/C18H16ClFN2O4S2/c1-25-13-4-3-12(17(9-13)26-2)11-22(18-21-7-8-27-18)28(23,24)14-5-6-16(20)15(19)10-14/h3-10H,11H2,1-2H3. The molecule has 0 aliphatic heterocycles. The van der Waals surface area contributed by atoms with Crippen LogP contribution >= 0.6 is 22.9 Å². The third-order valence-corrected chi connectivity index (χ3v) is 6.85. The zero-order valence-electron chi connectivity index (χ0n) is 14.9. The van der Waals surface area contributed by atoms with Crippen molar-refractivity contribution in [3.63, 3.8) is 0 Å². The summed E-state index contributed by atoms with van der Waals surface area (Å²) in [5.74, 6) is 0.348. The molecule has 0 saturated carbocycles. The minimum absolute atomic E-state index is 0.0436. The molecule has 0 bridgehead atoms. The summed E-state index contributed by atoms with van der Waals surface area (Å²) in [5.41, 5.74) is 0.607. The predicted molar refractivity (Wildman–Crippen MR) is 106 cm³/mol. The van der Waals surface area contributed by atoms with Gasteiger partial charge >= 0.3 is 0 Å². The van der Waals surface area contributed by atoms with Crippen LogP contribution in [0.15, 0.2) is 52.9 Å². The second-order valence-electron chi connectivity index (χ2n) is 5.58. The van der Waals surface area contributed by atoms with Gasteiger partial charge in [0.1, 0.15) is 17.3 Å². The molecular formula is C18H16ClFN2O4S2. The summed E-state index contributed by atoms with van der Waals surface area (Å²) in [6.07, 6.45) is 1.51. The number of thiazole rings is 1. The lowest BCUT2D eigenvalue weighted by Crippen LogP contribution is -2.30. The van der Waals surface area contributed by atoms with Gasteiger partial charge in [-0.3, -0.25) is 0 Å². The first kappa shape index (κ1) is 20.4. The fraction of sp³-hybridized carbons (Fsp3) is 0.167. The molecule has 0 aliphatic rings. The van der Waals surface area contributed by atoms with Crippen molar-refractivity contribution >= 4 is 38.1 Å². The Bertz CT molecular complexity index is 1080. The largest absolute Gasteiger partial charge is 0.497 e. The lowest BCUT2D eigenvalue weighted by Gasteiger charge is -2.23. The van der Waals surface area contributed by atoms with E-state index in [1.165, 1.54) is 26.5 Å². The number of anilines is 1. The molecule has 0 saturated heterocycles. The maximum Gasteiger partial charge on any atom is 0.266 e. The van der Waals surface area contributed by atoms with Crippen molar-refractivity contribution in [2.75, 3.05) is 18.5 Å². The highest BCUT2D eigenvalue weighted by molar-refractivity contribution is 7.93. The van der Waals surface area contributed by atoms with Gasteiger partial charge in [-0.05, 0) is 30.3 Å². The highest BCUT2D eigenvalue weighted by Crippen LogP contribution is 2.32. The molecule has 0 atom stereocenters. The summed E-state index contributed by atoms with van der Waals surface area (Å²) in [7, 11) is -1.05. The van der Waals surface area contributed by atoms with E-state index in [1.54, 1.807) is 23.6 Å². The fourth-order valence-electron chi connectivity index (χ4n) is 2.50. The Morgan fingerprint density at radius 2 is 1.96 bits per heavy atom. The highest BCUT2D eigenvalue weighted by Gasteiger charge is 2.28. The third-order valence-electron chi connectivity index (χ3n) is 3.92. The van der Waals surface area contributed by atoms with E-state index in [9.17, 15) is 12.8 Å². The van der Waals surface area contributed by atoms with E-state index in [2.05, 4.69) is 4.98 Å². The number of sulfonamides is 1. The second kappa shape index (κ2) is 8.34. The highest BCUT2D eigenvalue weighted by atomic mass is 35.5. The van der Waals surface area contributed by atoms with Crippen molar-refractivity contribution in [1.29, 1.82) is 0 Å². The fourth-order valence-corrected chi connectivity index (χ4v) is 5.04. The normalized spacial score (nSPS) is 11.3. The number of benzene rings is 2. The van der Waals surface area contributed by atoms with E-state index in [0.717, 1.165) is 27.8 Å². The molecule has 0 radical (unpaired) electrons. The van der Waals surface area contributed by atoms with Crippen molar-refractivity contribution in [1.82, 2.24) is 4.98 Å². The number of halogens is 2. The summed E-state index contributed by atoms with van der Waals surface area (Å²) in [6, 6.07) is 8.35. The van der Waals surface area contributed by atoms with Crippen LogP contribution in [0.1, 0.15) is 5.56 Å². The van der Waals surface area contributed by atoms with Crippen LogP contribution in [0.3, 0.4) is 0 Å². The quantitative estimate of drug-likeness (QED) is 0.544. The average Bonchev–Trinajstić information content (AvgIpc) is 3.22. The molecule has 0 unspecified atom stereocenters. The first-order valence-corrected chi connectivity index (χ1v) is 10.6. The molecule has 10 heteroatoms. The summed E-state index contributed by atoms with van der Waals surface area (Å²) in [4.78, 5) is 3.99. The maximum atomic E-state index is 13.5. The summed E-state index contributed by atoms with van der Waals surface area (Å²) in [6.45, 7) is -0.0436. The number of rotatable bonds is 7. The summed E-state index contributed by atoms with van der Waals surface area (Å²) in [5, 5.41) is 1.65. The van der Waals surface area contributed by atoms with Gasteiger partial charge in [-0.2, -0.15) is 0 Å². The first-order valence-electron chi connectivity index (χ1n) is 7.95. The van der Waals surface area contributed by atoms with Gasteiger partial charge in [0.15, 0.2) is 5.13 Å². The Hall–Kier alpha value is -2.36. The SMILES string of the molecule is COc1ccc(CN(c2nccs2)S(=O)(=O)c2ccc(F)c(Cl)c2)c(OC)c1. The molecular weight excluding hydrogens is 427 g/mol. The topological polar surface area (TPSA) is 68.7 Å². The lowest BCUT2D eigenvalue weighted by atomic mass is 10.2. The van der Waals surface area contributed by atoms with Gasteiger partial charge in [0.05, 0.1) is 30.7 Å². The minimum Gasteiger partial charge on any atom is -0.497 e. The number of hydrogen-bond donors (Lipinski definition) is 0. The van der Waals surface area contributed by atoms with Crippen LogP contribution in [0.4, 0.5) is 9.52 Å². The predicted octanol–water partition coefficient (Wildman–Crippen LogP) is 4.35. The van der Waals surface area contributed by atoms with Gasteiger partial charge in [0.2, 0.25) is 0 Å². The van der Waals surface area contributed by atoms with E-state index in [1.807, 2.05) is 0 Å².